The van der Waals surface area contributed by atoms with E-state index in [1.165, 1.54) is 5.57 Å². The summed E-state index contributed by atoms with van der Waals surface area (Å²) in [5.74, 6) is 0. The van der Waals surface area contributed by atoms with Gasteiger partial charge in [0.2, 0.25) is 0 Å². The summed E-state index contributed by atoms with van der Waals surface area (Å²) in [5, 5.41) is 0. The molecule has 1 aliphatic carbocycles. The van der Waals surface area contributed by atoms with Crippen LogP contribution in [0.3, 0.4) is 0 Å². The van der Waals surface area contributed by atoms with E-state index in [0.29, 0.717) is 0 Å². The van der Waals surface area contributed by atoms with Crippen molar-refractivity contribution in [2.45, 2.75) is 6.42 Å². The molecule has 0 unspecified atom stereocenters. The van der Waals surface area contributed by atoms with Crippen LogP contribution < -0.4 is 0 Å². The van der Waals surface area contributed by atoms with E-state index in [1.54, 1.807) is 0 Å². The number of rotatable bonds is 1. The van der Waals surface area contributed by atoms with Gasteiger partial charge in [-0.25, -0.2) is 0 Å². The van der Waals surface area contributed by atoms with Gasteiger partial charge in [0, 0.05) is 0 Å². The molecule has 0 spiro atoms. The zero-order valence-corrected chi connectivity index (χ0v) is 7.10. The minimum absolute atomic E-state index is 1.07. The van der Waals surface area contributed by atoms with E-state index in [-0.39, 0.29) is 0 Å². The van der Waals surface area contributed by atoms with Crippen LogP contribution in [-0.2, 0) is 25.7 Å². The van der Waals surface area contributed by atoms with Crippen LogP contribution in [0.5, 0.6) is 0 Å². The van der Waals surface area contributed by atoms with Gasteiger partial charge in [-0.2, -0.15) is 0 Å². The third kappa shape index (κ3) is 4.42. The predicted molar refractivity (Wildman–Crippen MR) is 33.4 cm³/mol. The zero-order valence-electron chi connectivity index (χ0n) is 5.54. The van der Waals surface area contributed by atoms with Gasteiger partial charge < -0.3 is 0 Å². The summed E-state index contributed by atoms with van der Waals surface area (Å²) in [6, 6.07) is 0. The Morgan fingerprint density at radius 3 is 2.40 bits per heavy atom. The fourth-order valence-corrected chi connectivity index (χ4v) is 0.615. The fraction of sp³-hybridized carbons (Fsp3) is 0.143. The van der Waals surface area contributed by atoms with Gasteiger partial charge in [0.15, 0.2) is 0 Å². The number of hydrogen-bond acceptors (Lipinski definition) is 2. The van der Waals surface area contributed by atoms with E-state index in [2.05, 4.69) is 24.8 Å². The summed E-state index contributed by atoms with van der Waals surface area (Å²) >= 11 is -2.00. The average molecular weight is 172 g/mol. The van der Waals surface area contributed by atoms with E-state index in [4.69, 9.17) is 6.65 Å². The standard InChI is InChI=1S/C7H8.2O.Ti/c1-2-7-5-3-4-6-7;;;/h2-5H,1,6H2;;;. The summed E-state index contributed by atoms with van der Waals surface area (Å²) in [6.07, 6.45) is 9.21. The summed E-state index contributed by atoms with van der Waals surface area (Å²) < 4.78 is 17.0. The van der Waals surface area contributed by atoms with Crippen LogP contribution in [0.25, 0.3) is 0 Å². The quantitative estimate of drug-likeness (QED) is 0.565. The van der Waals surface area contributed by atoms with Gasteiger partial charge in [-0.1, -0.05) is 30.9 Å². The van der Waals surface area contributed by atoms with Crippen molar-refractivity contribution < 1.29 is 25.7 Å². The molecule has 10 heavy (non-hydrogen) atoms. The van der Waals surface area contributed by atoms with E-state index in [1.807, 2.05) is 6.08 Å². The maximum absolute atomic E-state index is 8.50. The first-order valence-corrected chi connectivity index (χ1v) is 4.10. The second kappa shape index (κ2) is 6.65. The molecule has 0 aromatic heterocycles. The molecule has 2 nitrogen and oxygen atoms in total. The van der Waals surface area contributed by atoms with Gasteiger partial charge in [-0.05, 0) is 12.0 Å². The van der Waals surface area contributed by atoms with Crippen LogP contribution >= 0.6 is 0 Å². The van der Waals surface area contributed by atoms with Crippen molar-refractivity contribution in [3.63, 3.8) is 0 Å². The fourth-order valence-electron chi connectivity index (χ4n) is 0.615. The van der Waals surface area contributed by atoms with Gasteiger partial charge >= 0.3 is 25.7 Å². The van der Waals surface area contributed by atoms with Crippen LogP contribution in [0, 0.1) is 0 Å². The molecule has 3 heteroatoms. The molecular weight excluding hydrogens is 164 g/mol. The molecule has 1 rings (SSSR count). The summed E-state index contributed by atoms with van der Waals surface area (Å²) in [5.41, 5.74) is 1.32. The molecule has 0 radical (unpaired) electrons. The molecule has 1 aliphatic rings. The first-order chi connectivity index (χ1) is 4.85. The molecule has 0 amide bonds. The molecule has 0 aromatic carbocycles. The van der Waals surface area contributed by atoms with E-state index >= 15 is 0 Å². The molecule has 0 aromatic rings. The number of hydrogen-bond donors (Lipinski definition) is 0. The van der Waals surface area contributed by atoms with Gasteiger partial charge in [0.1, 0.15) is 0 Å². The molecule has 52 valence electrons. The van der Waals surface area contributed by atoms with Crippen LogP contribution in [0.4, 0.5) is 0 Å². The third-order valence-corrected chi connectivity index (χ3v) is 1.06. The van der Waals surface area contributed by atoms with Crippen molar-refractivity contribution in [1.29, 1.82) is 0 Å². The van der Waals surface area contributed by atoms with Crippen molar-refractivity contribution >= 4 is 0 Å². The van der Waals surface area contributed by atoms with Crippen LogP contribution in [-0.4, -0.2) is 0 Å². The van der Waals surface area contributed by atoms with Gasteiger partial charge in [-0.3, -0.25) is 0 Å². The third-order valence-electron chi connectivity index (χ3n) is 1.06. The normalized spacial score (nSPS) is 12.6. The molecule has 0 bridgehead atoms. The van der Waals surface area contributed by atoms with Crippen molar-refractivity contribution in [3.8, 4) is 0 Å². The van der Waals surface area contributed by atoms with Crippen molar-refractivity contribution in [2.75, 3.05) is 0 Å². The minimum atomic E-state index is -2.00. The molecule has 0 saturated carbocycles. The Morgan fingerprint density at radius 2 is 2.20 bits per heavy atom. The maximum atomic E-state index is 8.50. The Hall–Kier alpha value is -0.466. The zero-order chi connectivity index (χ0) is 7.82. The van der Waals surface area contributed by atoms with Crippen molar-refractivity contribution in [1.82, 2.24) is 0 Å². The second-order valence-electron chi connectivity index (χ2n) is 1.66. The Kier molecular flexibility index (Phi) is 6.34. The summed E-state index contributed by atoms with van der Waals surface area (Å²) in [4.78, 5) is 0. The monoisotopic (exact) mass is 172 g/mol. The Balaban J connectivity index is 0.000000236. The first-order valence-electron chi connectivity index (χ1n) is 2.82. The summed E-state index contributed by atoms with van der Waals surface area (Å²) in [6.45, 7) is 3.63. The molecular formula is C7H8O2Ti. The van der Waals surface area contributed by atoms with Gasteiger partial charge in [0.25, 0.3) is 0 Å². The topological polar surface area (TPSA) is 34.1 Å². The van der Waals surface area contributed by atoms with Crippen LogP contribution in [0.15, 0.2) is 36.5 Å². The SMILES string of the molecule is C=CC1=CC=CC1.[O]=[Ti]=[O]. The Bertz CT molecular complexity index is 198. The van der Waals surface area contributed by atoms with Crippen molar-refractivity contribution in [3.05, 3.63) is 36.5 Å². The Morgan fingerprint density at radius 1 is 1.60 bits per heavy atom. The average Bonchev–Trinajstić information content (AvgIpc) is 2.39. The van der Waals surface area contributed by atoms with E-state index < -0.39 is 19.1 Å². The molecule has 0 fully saturated rings. The second-order valence-corrected chi connectivity index (χ2v) is 1.92. The van der Waals surface area contributed by atoms with E-state index in [0.717, 1.165) is 6.42 Å². The molecule has 0 N–H and O–H groups in total. The van der Waals surface area contributed by atoms with Crippen LogP contribution in [0.1, 0.15) is 6.42 Å². The first kappa shape index (κ1) is 9.53. The van der Waals surface area contributed by atoms with Crippen LogP contribution in [0.2, 0.25) is 0 Å². The molecule has 0 atom stereocenters. The summed E-state index contributed by atoms with van der Waals surface area (Å²) in [7, 11) is 0. The Labute approximate surface area is 68.9 Å². The van der Waals surface area contributed by atoms with Gasteiger partial charge in [-0.15, -0.1) is 0 Å². The molecule has 0 saturated heterocycles. The number of allylic oxidation sites excluding steroid dienone is 5. The molecule has 0 heterocycles. The molecule has 0 aliphatic heterocycles. The van der Waals surface area contributed by atoms with E-state index in [9.17, 15) is 0 Å². The van der Waals surface area contributed by atoms with Gasteiger partial charge in [0.05, 0.1) is 0 Å². The van der Waals surface area contributed by atoms with Crippen molar-refractivity contribution in [2.24, 2.45) is 0 Å². The predicted octanol–water partition coefficient (Wildman–Crippen LogP) is 1.82.